The van der Waals surface area contributed by atoms with E-state index in [0.29, 0.717) is 15.7 Å². The number of nitrogens with one attached hydrogen (secondary N) is 1. The Bertz CT molecular complexity index is 345. The Morgan fingerprint density at radius 2 is 1.93 bits per heavy atom. The molecule has 0 heterocycles. The van der Waals surface area contributed by atoms with Gasteiger partial charge < -0.3 is 5.32 Å². The van der Waals surface area contributed by atoms with Gasteiger partial charge >= 0.3 is 0 Å². The van der Waals surface area contributed by atoms with Gasteiger partial charge in [-0.15, -0.1) is 0 Å². The SMILES string of the molecule is Cc1cc(Cl)c(NC(=O)CBr)c(Cl)c1. The first-order chi connectivity index (χ1) is 6.54. The molecule has 1 amide bonds. The zero-order valence-corrected chi connectivity index (χ0v) is 10.5. The van der Waals surface area contributed by atoms with Crippen LogP contribution in [-0.2, 0) is 4.79 Å². The summed E-state index contributed by atoms with van der Waals surface area (Å²) in [6.07, 6.45) is 0. The molecule has 0 aliphatic heterocycles. The van der Waals surface area contributed by atoms with Gasteiger partial charge in [-0.3, -0.25) is 4.79 Å². The van der Waals surface area contributed by atoms with Crippen molar-refractivity contribution < 1.29 is 4.79 Å². The number of halogens is 3. The lowest BCUT2D eigenvalue weighted by Gasteiger charge is -2.08. The second-order valence-corrected chi connectivity index (χ2v) is 4.16. The Balaban J connectivity index is 3.02. The van der Waals surface area contributed by atoms with E-state index in [-0.39, 0.29) is 11.2 Å². The van der Waals surface area contributed by atoms with Crippen molar-refractivity contribution in [3.8, 4) is 0 Å². The van der Waals surface area contributed by atoms with Crippen LogP contribution in [0.4, 0.5) is 5.69 Å². The van der Waals surface area contributed by atoms with Gasteiger partial charge in [0.2, 0.25) is 5.91 Å². The first-order valence-corrected chi connectivity index (χ1v) is 5.74. The second kappa shape index (κ2) is 5.01. The summed E-state index contributed by atoms with van der Waals surface area (Å²) in [5.74, 6) is -0.183. The molecule has 1 rings (SSSR count). The van der Waals surface area contributed by atoms with Crippen LogP contribution < -0.4 is 5.32 Å². The van der Waals surface area contributed by atoms with Crippen molar-refractivity contribution in [1.82, 2.24) is 0 Å². The summed E-state index contributed by atoms with van der Waals surface area (Å²) in [7, 11) is 0. The molecule has 0 aliphatic rings. The number of amides is 1. The summed E-state index contributed by atoms with van der Waals surface area (Å²) in [5.41, 5.74) is 1.42. The van der Waals surface area contributed by atoms with Crippen LogP contribution >= 0.6 is 39.1 Å². The van der Waals surface area contributed by atoms with Crippen LogP contribution in [-0.4, -0.2) is 11.2 Å². The predicted octanol–water partition coefficient (Wildman–Crippen LogP) is 3.64. The van der Waals surface area contributed by atoms with E-state index in [1.165, 1.54) is 0 Å². The number of rotatable bonds is 2. The molecule has 0 atom stereocenters. The van der Waals surface area contributed by atoms with Gasteiger partial charge in [-0.1, -0.05) is 39.1 Å². The highest BCUT2D eigenvalue weighted by Crippen LogP contribution is 2.31. The van der Waals surface area contributed by atoms with Crippen molar-refractivity contribution in [2.45, 2.75) is 6.92 Å². The van der Waals surface area contributed by atoms with Crippen molar-refractivity contribution in [1.29, 1.82) is 0 Å². The van der Waals surface area contributed by atoms with Gasteiger partial charge in [-0.05, 0) is 24.6 Å². The minimum Gasteiger partial charge on any atom is -0.323 e. The summed E-state index contributed by atoms with van der Waals surface area (Å²) in [6.45, 7) is 1.88. The molecule has 1 aromatic carbocycles. The molecule has 0 unspecified atom stereocenters. The smallest absolute Gasteiger partial charge is 0.235 e. The topological polar surface area (TPSA) is 29.1 Å². The average Bonchev–Trinajstić information content (AvgIpc) is 2.10. The van der Waals surface area contributed by atoms with Crippen LogP contribution in [0.15, 0.2) is 12.1 Å². The highest BCUT2D eigenvalue weighted by atomic mass is 79.9. The van der Waals surface area contributed by atoms with Crippen LogP contribution in [0.5, 0.6) is 0 Å². The number of carbonyl (C=O) groups excluding carboxylic acids is 1. The third-order valence-corrected chi connectivity index (χ3v) is 2.68. The molecule has 1 aromatic rings. The maximum absolute atomic E-state index is 11.1. The number of carbonyl (C=O) groups is 1. The molecular formula is C9H8BrCl2NO. The number of hydrogen-bond donors (Lipinski definition) is 1. The fourth-order valence-corrected chi connectivity index (χ4v) is 1.82. The molecule has 0 radical (unpaired) electrons. The monoisotopic (exact) mass is 295 g/mol. The standard InChI is InChI=1S/C9H8BrCl2NO/c1-5-2-6(11)9(7(12)3-5)13-8(14)4-10/h2-3H,4H2,1H3,(H,13,14). The fourth-order valence-electron chi connectivity index (χ4n) is 0.992. The van der Waals surface area contributed by atoms with Gasteiger partial charge in [-0.25, -0.2) is 0 Å². The molecule has 0 fully saturated rings. The van der Waals surface area contributed by atoms with Gasteiger partial charge in [0, 0.05) is 0 Å². The normalized spacial score (nSPS) is 10.0. The first kappa shape index (κ1) is 11.8. The number of hydrogen-bond acceptors (Lipinski definition) is 1. The number of anilines is 1. The summed E-state index contributed by atoms with van der Waals surface area (Å²) < 4.78 is 0. The number of benzene rings is 1. The minimum absolute atomic E-state index is 0.183. The van der Waals surface area contributed by atoms with Gasteiger partial charge in [0.25, 0.3) is 0 Å². The van der Waals surface area contributed by atoms with Crippen molar-refractivity contribution >= 4 is 50.7 Å². The fraction of sp³-hybridized carbons (Fsp3) is 0.222. The van der Waals surface area contributed by atoms with Crippen LogP contribution in [0, 0.1) is 6.92 Å². The van der Waals surface area contributed by atoms with E-state index in [4.69, 9.17) is 23.2 Å². The summed E-state index contributed by atoms with van der Waals surface area (Å²) in [4.78, 5) is 11.1. The highest BCUT2D eigenvalue weighted by molar-refractivity contribution is 9.09. The molecule has 0 spiro atoms. The quantitative estimate of drug-likeness (QED) is 0.830. The van der Waals surface area contributed by atoms with Crippen molar-refractivity contribution in [3.05, 3.63) is 27.7 Å². The Morgan fingerprint density at radius 1 is 1.43 bits per heavy atom. The Labute approximate surface area is 101 Å². The lowest BCUT2D eigenvalue weighted by atomic mass is 10.2. The summed E-state index contributed by atoms with van der Waals surface area (Å²) in [6, 6.07) is 3.49. The zero-order chi connectivity index (χ0) is 10.7. The van der Waals surface area contributed by atoms with Crippen molar-refractivity contribution in [2.75, 3.05) is 10.6 Å². The highest BCUT2D eigenvalue weighted by Gasteiger charge is 2.09. The van der Waals surface area contributed by atoms with E-state index in [0.717, 1.165) is 5.56 Å². The molecule has 1 N–H and O–H groups in total. The van der Waals surface area contributed by atoms with E-state index in [1.54, 1.807) is 12.1 Å². The Hall–Kier alpha value is -0.250. The second-order valence-electron chi connectivity index (χ2n) is 2.79. The molecule has 0 saturated heterocycles. The van der Waals surface area contributed by atoms with E-state index in [1.807, 2.05) is 6.92 Å². The molecular weight excluding hydrogens is 289 g/mol. The first-order valence-electron chi connectivity index (χ1n) is 3.86. The molecule has 76 valence electrons. The zero-order valence-electron chi connectivity index (χ0n) is 7.40. The molecule has 2 nitrogen and oxygen atoms in total. The van der Waals surface area contributed by atoms with E-state index in [2.05, 4.69) is 21.2 Å². The maximum atomic E-state index is 11.1. The summed E-state index contributed by atoms with van der Waals surface area (Å²) in [5, 5.41) is 3.72. The molecule has 0 aliphatic carbocycles. The van der Waals surface area contributed by atoms with Crippen molar-refractivity contribution in [2.24, 2.45) is 0 Å². The van der Waals surface area contributed by atoms with Crippen LogP contribution in [0.25, 0.3) is 0 Å². The molecule has 14 heavy (non-hydrogen) atoms. The van der Waals surface area contributed by atoms with Gasteiger partial charge in [-0.2, -0.15) is 0 Å². The van der Waals surface area contributed by atoms with Gasteiger partial charge in [0.1, 0.15) is 0 Å². The predicted molar refractivity (Wildman–Crippen MR) is 63.6 cm³/mol. The molecule has 0 bridgehead atoms. The molecule has 0 aromatic heterocycles. The lowest BCUT2D eigenvalue weighted by Crippen LogP contribution is -2.13. The largest absolute Gasteiger partial charge is 0.323 e. The lowest BCUT2D eigenvalue weighted by molar-refractivity contribution is -0.113. The average molecular weight is 297 g/mol. The third kappa shape index (κ3) is 2.87. The summed E-state index contributed by atoms with van der Waals surface area (Å²) >= 11 is 14.9. The maximum Gasteiger partial charge on any atom is 0.235 e. The molecule has 5 heteroatoms. The van der Waals surface area contributed by atoms with Crippen molar-refractivity contribution in [3.63, 3.8) is 0 Å². The Kier molecular flexibility index (Phi) is 4.23. The number of alkyl halides is 1. The van der Waals surface area contributed by atoms with Crippen LogP contribution in [0.3, 0.4) is 0 Å². The van der Waals surface area contributed by atoms with E-state index < -0.39 is 0 Å². The minimum atomic E-state index is -0.183. The Morgan fingerprint density at radius 3 is 2.36 bits per heavy atom. The van der Waals surface area contributed by atoms with Crippen LogP contribution in [0.2, 0.25) is 10.0 Å². The van der Waals surface area contributed by atoms with Gasteiger partial charge in [0.05, 0.1) is 21.1 Å². The van der Waals surface area contributed by atoms with E-state index in [9.17, 15) is 4.79 Å². The van der Waals surface area contributed by atoms with E-state index >= 15 is 0 Å². The van der Waals surface area contributed by atoms with Crippen LogP contribution in [0.1, 0.15) is 5.56 Å². The third-order valence-electron chi connectivity index (χ3n) is 1.57. The number of aryl methyl sites for hydroxylation is 1. The van der Waals surface area contributed by atoms with Gasteiger partial charge in [0.15, 0.2) is 0 Å². The molecule has 0 saturated carbocycles.